The van der Waals surface area contributed by atoms with Gasteiger partial charge in [-0.05, 0) is 31.7 Å². The van der Waals surface area contributed by atoms with E-state index in [0.717, 1.165) is 6.54 Å². The van der Waals surface area contributed by atoms with Crippen molar-refractivity contribution >= 4 is 31.6 Å². The number of amides is 1. The SMILES string of the molecule is CCOc1ccc(N2C(=O)CCS2(=O)=O)cc1S(=O)(=O)N1CCN(CC)CC1. The lowest BCUT2D eigenvalue weighted by Gasteiger charge is -2.33. The van der Waals surface area contributed by atoms with Crippen molar-refractivity contribution in [3.05, 3.63) is 18.2 Å². The quantitative estimate of drug-likeness (QED) is 0.645. The molecule has 0 aliphatic carbocycles. The Bertz CT molecular complexity index is 953. The summed E-state index contributed by atoms with van der Waals surface area (Å²) in [6, 6.07) is 4.04. The Labute approximate surface area is 166 Å². The third kappa shape index (κ3) is 3.88. The van der Waals surface area contributed by atoms with E-state index in [4.69, 9.17) is 4.74 Å². The highest BCUT2D eigenvalue weighted by Gasteiger charge is 2.38. The molecule has 2 aliphatic heterocycles. The van der Waals surface area contributed by atoms with Crippen LogP contribution >= 0.6 is 0 Å². The lowest BCUT2D eigenvalue weighted by molar-refractivity contribution is -0.116. The average molecular weight is 432 g/mol. The standard InChI is InChI=1S/C17H25N3O6S2/c1-3-18-8-10-19(11-9-18)28(24,25)16-13-14(5-6-15(16)26-4-2)20-17(21)7-12-27(20,22)23/h5-6,13H,3-4,7-12H2,1-2H3. The van der Waals surface area contributed by atoms with Gasteiger partial charge in [0, 0.05) is 32.6 Å². The van der Waals surface area contributed by atoms with Crippen LogP contribution in [0.3, 0.4) is 0 Å². The summed E-state index contributed by atoms with van der Waals surface area (Å²) in [5, 5.41) is 0. The van der Waals surface area contributed by atoms with Crippen LogP contribution in [0.2, 0.25) is 0 Å². The lowest BCUT2D eigenvalue weighted by Crippen LogP contribution is -2.48. The van der Waals surface area contributed by atoms with Crippen molar-refractivity contribution in [1.29, 1.82) is 0 Å². The zero-order chi connectivity index (χ0) is 20.5. The van der Waals surface area contributed by atoms with E-state index >= 15 is 0 Å². The highest BCUT2D eigenvalue weighted by Crippen LogP contribution is 2.34. The summed E-state index contributed by atoms with van der Waals surface area (Å²) in [5.41, 5.74) is 0.0247. The number of carbonyl (C=O) groups is 1. The van der Waals surface area contributed by atoms with Gasteiger partial charge in [0.05, 0.1) is 18.0 Å². The number of benzene rings is 1. The Kier molecular flexibility index (Phi) is 5.99. The predicted molar refractivity (Wildman–Crippen MR) is 104 cm³/mol. The van der Waals surface area contributed by atoms with E-state index in [1.165, 1.54) is 22.5 Å². The number of rotatable bonds is 6. The van der Waals surface area contributed by atoms with Gasteiger partial charge in [-0.15, -0.1) is 0 Å². The van der Waals surface area contributed by atoms with E-state index in [1.807, 2.05) is 6.92 Å². The van der Waals surface area contributed by atoms with Crippen molar-refractivity contribution < 1.29 is 26.4 Å². The van der Waals surface area contributed by atoms with Crippen LogP contribution in [0, 0.1) is 0 Å². The van der Waals surface area contributed by atoms with Crippen molar-refractivity contribution in [1.82, 2.24) is 9.21 Å². The Morgan fingerprint density at radius 1 is 1.11 bits per heavy atom. The number of carbonyl (C=O) groups excluding carboxylic acids is 1. The van der Waals surface area contributed by atoms with E-state index in [2.05, 4.69) is 4.90 Å². The van der Waals surface area contributed by atoms with Gasteiger partial charge < -0.3 is 9.64 Å². The van der Waals surface area contributed by atoms with Crippen LogP contribution < -0.4 is 9.04 Å². The molecule has 1 amide bonds. The molecule has 0 bridgehead atoms. The molecule has 0 N–H and O–H groups in total. The highest BCUT2D eigenvalue weighted by atomic mass is 32.2. The minimum atomic E-state index is -3.90. The molecule has 28 heavy (non-hydrogen) atoms. The number of anilines is 1. The van der Waals surface area contributed by atoms with Crippen LogP contribution in [0.4, 0.5) is 5.69 Å². The van der Waals surface area contributed by atoms with Gasteiger partial charge in [-0.25, -0.2) is 21.1 Å². The molecule has 11 heteroatoms. The van der Waals surface area contributed by atoms with Gasteiger partial charge >= 0.3 is 0 Å². The molecule has 1 aromatic rings. The maximum absolute atomic E-state index is 13.3. The molecule has 0 spiro atoms. The van der Waals surface area contributed by atoms with Gasteiger partial charge in [-0.1, -0.05) is 6.92 Å². The molecule has 2 fully saturated rings. The minimum absolute atomic E-state index is 0.0247. The second kappa shape index (κ2) is 7.97. The molecule has 0 radical (unpaired) electrons. The van der Waals surface area contributed by atoms with Crippen molar-refractivity contribution in [2.75, 3.05) is 49.4 Å². The molecule has 0 unspecified atom stereocenters. The van der Waals surface area contributed by atoms with E-state index in [9.17, 15) is 21.6 Å². The first kappa shape index (κ1) is 21.0. The number of ether oxygens (including phenoxy) is 1. The fourth-order valence-corrected chi connectivity index (χ4v) is 6.42. The number of nitrogens with zero attached hydrogens (tertiary/aromatic N) is 3. The summed E-state index contributed by atoms with van der Waals surface area (Å²) in [6.07, 6.45) is -0.114. The predicted octanol–water partition coefficient (Wildman–Crippen LogP) is 0.478. The fourth-order valence-electron chi connectivity index (χ4n) is 3.39. The average Bonchev–Trinajstić information content (AvgIpc) is 2.95. The topological polar surface area (TPSA) is 104 Å². The van der Waals surface area contributed by atoms with Crippen LogP contribution in [0.1, 0.15) is 20.3 Å². The first-order chi connectivity index (χ1) is 13.2. The van der Waals surface area contributed by atoms with Gasteiger partial charge in [0.2, 0.25) is 26.0 Å². The van der Waals surface area contributed by atoms with Crippen molar-refractivity contribution in [3.8, 4) is 5.75 Å². The number of sulfonamides is 2. The molecule has 2 heterocycles. The third-order valence-electron chi connectivity index (χ3n) is 4.94. The summed E-state index contributed by atoms with van der Waals surface area (Å²) >= 11 is 0. The Hall–Kier alpha value is -1.69. The van der Waals surface area contributed by atoms with Gasteiger partial charge in [0.1, 0.15) is 10.6 Å². The van der Waals surface area contributed by atoms with Crippen LogP contribution in [0.25, 0.3) is 0 Å². The molecule has 2 aliphatic rings. The van der Waals surface area contributed by atoms with Crippen LogP contribution in [-0.2, 0) is 24.8 Å². The molecule has 2 saturated heterocycles. The molecule has 0 atom stereocenters. The van der Waals surface area contributed by atoms with Gasteiger partial charge in [-0.3, -0.25) is 4.79 Å². The second-order valence-corrected chi connectivity index (χ2v) is 10.5. The van der Waals surface area contributed by atoms with Gasteiger partial charge in [0.25, 0.3) is 0 Å². The molecule has 3 rings (SSSR count). The second-order valence-electron chi connectivity index (χ2n) is 6.63. The third-order valence-corrected chi connectivity index (χ3v) is 8.55. The van der Waals surface area contributed by atoms with Gasteiger partial charge in [0.15, 0.2) is 0 Å². The summed E-state index contributed by atoms with van der Waals surface area (Å²) in [4.78, 5) is 14.1. The normalized spacial score (nSPS) is 21.2. The van der Waals surface area contributed by atoms with E-state index in [-0.39, 0.29) is 35.1 Å². The smallest absolute Gasteiger partial charge is 0.246 e. The first-order valence-corrected chi connectivity index (χ1v) is 12.3. The van der Waals surface area contributed by atoms with E-state index < -0.39 is 26.0 Å². The molecule has 0 aromatic heterocycles. The van der Waals surface area contributed by atoms with Gasteiger partial charge in [-0.2, -0.15) is 4.31 Å². The summed E-state index contributed by atoms with van der Waals surface area (Å²) in [6.45, 7) is 6.79. The van der Waals surface area contributed by atoms with Crippen molar-refractivity contribution in [3.63, 3.8) is 0 Å². The zero-order valence-electron chi connectivity index (χ0n) is 16.0. The van der Waals surface area contributed by atoms with Crippen molar-refractivity contribution in [2.45, 2.75) is 25.2 Å². The maximum Gasteiger partial charge on any atom is 0.246 e. The Morgan fingerprint density at radius 3 is 2.32 bits per heavy atom. The summed E-state index contributed by atoms with van der Waals surface area (Å²) in [5.74, 6) is -0.697. The molecule has 1 aromatic carbocycles. The minimum Gasteiger partial charge on any atom is -0.492 e. The van der Waals surface area contributed by atoms with E-state index in [0.29, 0.717) is 30.5 Å². The highest BCUT2D eigenvalue weighted by molar-refractivity contribution is 7.94. The summed E-state index contributed by atoms with van der Waals surface area (Å²) < 4.78 is 58.5. The lowest BCUT2D eigenvalue weighted by atomic mass is 10.3. The monoisotopic (exact) mass is 431 g/mol. The molecular weight excluding hydrogens is 406 g/mol. The summed E-state index contributed by atoms with van der Waals surface area (Å²) in [7, 11) is -7.69. The first-order valence-electron chi connectivity index (χ1n) is 9.26. The fraction of sp³-hybridized carbons (Fsp3) is 0.588. The number of likely N-dealkylation sites (N-methyl/N-ethyl adjacent to an activating group) is 1. The zero-order valence-corrected chi connectivity index (χ0v) is 17.6. The maximum atomic E-state index is 13.3. The molecule has 0 saturated carbocycles. The van der Waals surface area contributed by atoms with Crippen LogP contribution in [-0.4, -0.2) is 77.0 Å². The Morgan fingerprint density at radius 2 is 1.79 bits per heavy atom. The Balaban J connectivity index is 2.02. The van der Waals surface area contributed by atoms with Crippen LogP contribution in [0.15, 0.2) is 23.1 Å². The van der Waals surface area contributed by atoms with Crippen molar-refractivity contribution in [2.24, 2.45) is 0 Å². The van der Waals surface area contributed by atoms with Crippen LogP contribution in [0.5, 0.6) is 5.75 Å². The van der Waals surface area contributed by atoms with E-state index in [1.54, 1.807) is 6.92 Å². The number of hydrogen-bond acceptors (Lipinski definition) is 7. The number of piperazine rings is 1. The molecule has 9 nitrogen and oxygen atoms in total. The molecule has 156 valence electrons. The molecular formula is C17H25N3O6S2. The largest absolute Gasteiger partial charge is 0.492 e. The number of hydrogen-bond donors (Lipinski definition) is 0.